The molecular weight excluding hydrogens is 208 g/mol. The second-order valence-corrected chi connectivity index (χ2v) is 5.97. The Labute approximate surface area is 84.1 Å². The maximum Gasteiger partial charge on any atom is 0.215 e. The van der Waals surface area contributed by atoms with Crippen molar-refractivity contribution in [2.75, 3.05) is 12.3 Å². The van der Waals surface area contributed by atoms with Crippen molar-refractivity contribution in [2.24, 2.45) is 11.7 Å². The van der Waals surface area contributed by atoms with Gasteiger partial charge in [-0.1, -0.05) is 19.1 Å². The van der Waals surface area contributed by atoms with Crippen LogP contribution >= 0.6 is 12.2 Å². The van der Waals surface area contributed by atoms with E-state index in [0.29, 0.717) is 6.54 Å². The number of hydrogen-bond donors (Lipinski definition) is 1. The molecule has 1 fully saturated rings. The molecule has 0 aromatic heterocycles. The molecule has 2 unspecified atom stereocenters. The number of hydrogen-bond acceptors (Lipinski definition) is 3. The molecule has 1 heterocycles. The zero-order valence-electron chi connectivity index (χ0n) is 7.73. The van der Waals surface area contributed by atoms with Gasteiger partial charge in [0.25, 0.3) is 0 Å². The molecule has 0 radical (unpaired) electrons. The van der Waals surface area contributed by atoms with E-state index < -0.39 is 10.0 Å². The molecule has 1 rings (SSSR count). The first kappa shape index (κ1) is 10.9. The number of nitrogens with two attached hydrogens (primary N) is 1. The molecule has 2 N–H and O–H groups in total. The van der Waals surface area contributed by atoms with E-state index in [9.17, 15) is 8.42 Å². The smallest absolute Gasteiger partial charge is 0.215 e. The van der Waals surface area contributed by atoms with Crippen molar-refractivity contribution in [3.05, 3.63) is 0 Å². The molecular formula is C7H14N2O2S2. The van der Waals surface area contributed by atoms with Crippen LogP contribution in [0.1, 0.15) is 13.8 Å². The molecule has 2 atom stereocenters. The quantitative estimate of drug-likeness (QED) is 0.665. The molecule has 0 amide bonds. The summed E-state index contributed by atoms with van der Waals surface area (Å²) in [6.45, 7) is 4.16. The summed E-state index contributed by atoms with van der Waals surface area (Å²) >= 11 is 4.77. The first-order chi connectivity index (χ1) is 5.84. The molecule has 1 aliphatic heterocycles. The summed E-state index contributed by atoms with van der Waals surface area (Å²) in [4.78, 5) is 0.234. The highest BCUT2D eigenvalue weighted by Gasteiger charge is 2.37. The molecule has 0 aliphatic carbocycles. The third-order valence-electron chi connectivity index (χ3n) is 2.19. The summed E-state index contributed by atoms with van der Waals surface area (Å²) in [5, 5.41) is 0. The van der Waals surface area contributed by atoms with Crippen LogP contribution in [-0.4, -0.2) is 36.1 Å². The fourth-order valence-corrected chi connectivity index (χ4v) is 3.76. The molecule has 1 aliphatic rings. The summed E-state index contributed by atoms with van der Waals surface area (Å²) in [6, 6.07) is -0.357. The van der Waals surface area contributed by atoms with Gasteiger partial charge >= 0.3 is 0 Å². The summed E-state index contributed by atoms with van der Waals surface area (Å²) in [7, 11) is -3.11. The summed E-state index contributed by atoms with van der Waals surface area (Å²) in [5.74, 6) is 0.377. The van der Waals surface area contributed by atoms with Gasteiger partial charge in [0.05, 0.1) is 16.8 Å². The van der Waals surface area contributed by atoms with Crippen molar-refractivity contribution in [1.82, 2.24) is 4.31 Å². The minimum atomic E-state index is -3.11. The molecule has 4 nitrogen and oxygen atoms in total. The lowest BCUT2D eigenvalue weighted by atomic mass is 10.2. The minimum Gasteiger partial charge on any atom is -0.392 e. The van der Waals surface area contributed by atoms with Crippen LogP contribution in [0.4, 0.5) is 0 Å². The van der Waals surface area contributed by atoms with Crippen molar-refractivity contribution >= 4 is 27.2 Å². The lowest BCUT2D eigenvalue weighted by Crippen LogP contribution is -2.42. The van der Waals surface area contributed by atoms with Crippen LogP contribution in [0.5, 0.6) is 0 Å². The molecule has 76 valence electrons. The highest BCUT2D eigenvalue weighted by atomic mass is 32.2. The molecule has 0 aromatic rings. The van der Waals surface area contributed by atoms with Gasteiger partial charge in [-0.15, -0.1) is 0 Å². The molecule has 0 aromatic carbocycles. The topological polar surface area (TPSA) is 63.4 Å². The van der Waals surface area contributed by atoms with E-state index in [2.05, 4.69) is 0 Å². The molecule has 0 spiro atoms. The summed E-state index contributed by atoms with van der Waals surface area (Å²) in [6.07, 6.45) is 0. The van der Waals surface area contributed by atoms with Crippen LogP contribution in [-0.2, 0) is 10.0 Å². The highest BCUT2D eigenvalue weighted by molar-refractivity contribution is 7.89. The number of nitrogens with zero attached hydrogens (tertiary/aromatic N) is 1. The van der Waals surface area contributed by atoms with Crippen LogP contribution in [0.25, 0.3) is 0 Å². The van der Waals surface area contributed by atoms with Crippen molar-refractivity contribution in [3.63, 3.8) is 0 Å². The number of thiocarbonyl (C=S) groups is 1. The van der Waals surface area contributed by atoms with Crippen LogP contribution < -0.4 is 5.73 Å². The van der Waals surface area contributed by atoms with Crippen molar-refractivity contribution in [1.29, 1.82) is 0 Å². The molecule has 6 heteroatoms. The van der Waals surface area contributed by atoms with E-state index in [1.165, 1.54) is 4.31 Å². The first-order valence-electron chi connectivity index (χ1n) is 4.13. The minimum absolute atomic E-state index is 0.168. The summed E-state index contributed by atoms with van der Waals surface area (Å²) in [5.41, 5.74) is 5.41. The Morgan fingerprint density at radius 2 is 2.23 bits per heavy atom. The van der Waals surface area contributed by atoms with Gasteiger partial charge in [0.2, 0.25) is 10.0 Å². The maximum atomic E-state index is 11.5. The SMILES string of the molecule is CC1CN(C(C)C(N)=S)S(=O)(=O)C1. The third-order valence-corrected chi connectivity index (χ3v) is 4.70. The predicted molar refractivity (Wildman–Crippen MR) is 55.9 cm³/mol. The molecule has 13 heavy (non-hydrogen) atoms. The van der Waals surface area contributed by atoms with Crippen molar-refractivity contribution in [2.45, 2.75) is 19.9 Å². The summed E-state index contributed by atoms with van der Waals surface area (Å²) < 4.78 is 24.4. The van der Waals surface area contributed by atoms with Gasteiger partial charge in [0.1, 0.15) is 0 Å². The largest absolute Gasteiger partial charge is 0.392 e. The van der Waals surface area contributed by atoms with Gasteiger partial charge < -0.3 is 5.73 Å². The van der Waals surface area contributed by atoms with Gasteiger partial charge in [-0.3, -0.25) is 0 Å². The lowest BCUT2D eigenvalue weighted by Gasteiger charge is -2.21. The fourth-order valence-electron chi connectivity index (χ4n) is 1.47. The Balaban J connectivity index is 2.88. The molecule has 1 saturated heterocycles. The average Bonchev–Trinajstić information content (AvgIpc) is 2.22. The van der Waals surface area contributed by atoms with Gasteiger partial charge in [-0.2, -0.15) is 4.31 Å². The Bertz CT molecular complexity index is 312. The van der Waals surface area contributed by atoms with Crippen LogP contribution in [0.15, 0.2) is 0 Å². The highest BCUT2D eigenvalue weighted by Crippen LogP contribution is 2.21. The second-order valence-electron chi connectivity index (χ2n) is 3.53. The Morgan fingerprint density at radius 3 is 2.54 bits per heavy atom. The van der Waals surface area contributed by atoms with Crippen LogP contribution in [0.2, 0.25) is 0 Å². The Kier molecular flexibility index (Phi) is 2.94. The van der Waals surface area contributed by atoms with E-state index in [-0.39, 0.29) is 22.7 Å². The number of rotatable bonds is 2. The average molecular weight is 222 g/mol. The van der Waals surface area contributed by atoms with Gasteiger partial charge in [-0.05, 0) is 12.8 Å². The van der Waals surface area contributed by atoms with E-state index in [0.717, 1.165) is 0 Å². The van der Waals surface area contributed by atoms with E-state index in [4.69, 9.17) is 18.0 Å². The zero-order chi connectivity index (χ0) is 10.2. The fraction of sp³-hybridized carbons (Fsp3) is 0.857. The van der Waals surface area contributed by atoms with Crippen molar-refractivity contribution in [3.8, 4) is 0 Å². The van der Waals surface area contributed by atoms with Gasteiger partial charge in [-0.25, -0.2) is 8.42 Å². The Morgan fingerprint density at radius 1 is 1.69 bits per heavy atom. The van der Waals surface area contributed by atoms with Gasteiger partial charge in [0.15, 0.2) is 0 Å². The second kappa shape index (κ2) is 3.51. The normalized spacial score (nSPS) is 30.2. The lowest BCUT2D eigenvalue weighted by molar-refractivity contribution is 0.394. The maximum absolute atomic E-state index is 11.5. The van der Waals surface area contributed by atoms with E-state index in [1.807, 2.05) is 6.92 Å². The third kappa shape index (κ3) is 2.18. The van der Waals surface area contributed by atoms with Crippen molar-refractivity contribution < 1.29 is 8.42 Å². The van der Waals surface area contributed by atoms with Crippen LogP contribution in [0, 0.1) is 5.92 Å². The van der Waals surface area contributed by atoms with Gasteiger partial charge in [0, 0.05) is 6.54 Å². The zero-order valence-corrected chi connectivity index (χ0v) is 9.36. The Hall–Kier alpha value is -0.200. The first-order valence-corrected chi connectivity index (χ1v) is 6.15. The van der Waals surface area contributed by atoms with E-state index >= 15 is 0 Å². The number of sulfonamides is 1. The standard InChI is InChI=1S/C7H14N2O2S2/c1-5-3-9(6(2)7(8)12)13(10,11)4-5/h5-6H,3-4H2,1-2H3,(H2,8,12). The molecule has 0 bridgehead atoms. The molecule has 0 saturated carbocycles. The van der Waals surface area contributed by atoms with E-state index in [1.54, 1.807) is 6.92 Å². The monoisotopic (exact) mass is 222 g/mol. The predicted octanol–water partition coefficient (Wildman–Crippen LogP) is -0.0575. The van der Waals surface area contributed by atoms with Crippen LogP contribution in [0.3, 0.4) is 0 Å².